The Bertz CT molecular complexity index is 933. The Balaban J connectivity index is 1.60. The van der Waals surface area contributed by atoms with Crippen molar-refractivity contribution in [2.24, 2.45) is 0 Å². The molecule has 3 atom stereocenters. The zero-order chi connectivity index (χ0) is 21.1. The number of hydrogen-bond donors (Lipinski definition) is 0. The van der Waals surface area contributed by atoms with Gasteiger partial charge in [0.2, 0.25) is 0 Å². The Labute approximate surface area is 187 Å². The van der Waals surface area contributed by atoms with E-state index in [4.69, 9.17) is 13.6 Å². The van der Waals surface area contributed by atoms with Gasteiger partial charge in [0, 0.05) is 12.7 Å². The van der Waals surface area contributed by atoms with Crippen molar-refractivity contribution in [3.8, 4) is 0 Å². The SMILES string of the molecule is COCC1=CC[C@@H](c2ccccc2)O[Si]2(C3CCCC3)O[C@H](c3ccccc3)CC=C12. The summed E-state index contributed by atoms with van der Waals surface area (Å²) in [6, 6.07) is 21.4. The second-order valence-corrected chi connectivity index (χ2v) is 12.1. The van der Waals surface area contributed by atoms with E-state index in [2.05, 4.69) is 72.8 Å². The molecular formula is C27H32O3Si. The minimum Gasteiger partial charge on any atom is -0.383 e. The quantitative estimate of drug-likeness (QED) is 0.490. The highest BCUT2D eigenvalue weighted by molar-refractivity contribution is 6.77. The summed E-state index contributed by atoms with van der Waals surface area (Å²) in [6.07, 6.45) is 11.6. The molecule has 31 heavy (non-hydrogen) atoms. The van der Waals surface area contributed by atoms with Crippen LogP contribution in [0.4, 0.5) is 0 Å². The summed E-state index contributed by atoms with van der Waals surface area (Å²) in [5.41, 5.74) is 4.27. The van der Waals surface area contributed by atoms with Gasteiger partial charge in [-0.15, -0.1) is 0 Å². The Morgan fingerprint density at radius 1 is 0.806 bits per heavy atom. The van der Waals surface area contributed by atoms with Gasteiger partial charge in [0.25, 0.3) is 0 Å². The summed E-state index contributed by atoms with van der Waals surface area (Å²) in [6.45, 7) is 0.623. The summed E-state index contributed by atoms with van der Waals surface area (Å²) in [4.78, 5) is 0. The molecule has 4 heteroatoms. The molecule has 0 amide bonds. The van der Waals surface area contributed by atoms with Crippen molar-refractivity contribution in [2.75, 3.05) is 13.7 Å². The fraction of sp³-hybridized carbons (Fsp3) is 0.407. The van der Waals surface area contributed by atoms with Crippen LogP contribution in [-0.4, -0.2) is 22.3 Å². The monoisotopic (exact) mass is 432 g/mol. The summed E-state index contributed by atoms with van der Waals surface area (Å²) >= 11 is 0. The summed E-state index contributed by atoms with van der Waals surface area (Å²) in [5.74, 6) is 0. The average molecular weight is 433 g/mol. The van der Waals surface area contributed by atoms with Gasteiger partial charge in [0.1, 0.15) is 0 Å². The van der Waals surface area contributed by atoms with E-state index in [1.165, 1.54) is 47.6 Å². The maximum Gasteiger partial charge on any atom is 0.376 e. The highest BCUT2D eigenvalue weighted by Crippen LogP contribution is 2.53. The van der Waals surface area contributed by atoms with Crippen LogP contribution in [0.2, 0.25) is 5.54 Å². The third-order valence-electron chi connectivity index (χ3n) is 7.01. The lowest BCUT2D eigenvalue weighted by atomic mass is 10.0. The Morgan fingerprint density at radius 3 is 1.90 bits per heavy atom. The Hall–Kier alpha value is -1.98. The molecule has 1 saturated carbocycles. The number of fused-ring (bicyclic) bond motifs is 1. The first kappa shape index (κ1) is 20.9. The van der Waals surface area contributed by atoms with E-state index in [1.54, 1.807) is 7.11 Å². The van der Waals surface area contributed by atoms with Crippen molar-refractivity contribution in [1.29, 1.82) is 0 Å². The van der Waals surface area contributed by atoms with Crippen LogP contribution in [0.1, 0.15) is 61.9 Å². The predicted octanol–water partition coefficient (Wildman–Crippen LogP) is 6.73. The van der Waals surface area contributed by atoms with E-state index in [9.17, 15) is 0 Å². The lowest BCUT2D eigenvalue weighted by molar-refractivity contribution is 0.0733. The molecule has 2 heterocycles. The highest BCUT2D eigenvalue weighted by atomic mass is 28.4. The molecule has 2 aromatic carbocycles. The van der Waals surface area contributed by atoms with Crippen LogP contribution >= 0.6 is 0 Å². The van der Waals surface area contributed by atoms with Crippen molar-refractivity contribution < 1.29 is 13.6 Å². The first-order valence-electron chi connectivity index (χ1n) is 11.6. The van der Waals surface area contributed by atoms with Crippen LogP contribution in [0.5, 0.6) is 0 Å². The second-order valence-electron chi connectivity index (χ2n) is 8.93. The van der Waals surface area contributed by atoms with E-state index >= 15 is 0 Å². The first-order chi connectivity index (χ1) is 15.3. The maximum atomic E-state index is 7.24. The average Bonchev–Trinajstić information content (AvgIpc) is 3.32. The molecule has 3 nitrogen and oxygen atoms in total. The number of methoxy groups -OCH3 is 1. The number of hydrogen-bond acceptors (Lipinski definition) is 3. The lowest BCUT2D eigenvalue weighted by Crippen LogP contribution is -2.52. The van der Waals surface area contributed by atoms with Gasteiger partial charge in [0.05, 0.1) is 18.8 Å². The third kappa shape index (κ3) is 4.10. The minimum atomic E-state index is -2.70. The van der Waals surface area contributed by atoms with Crippen molar-refractivity contribution >= 4 is 8.56 Å². The Morgan fingerprint density at radius 2 is 1.35 bits per heavy atom. The van der Waals surface area contributed by atoms with E-state index in [-0.39, 0.29) is 12.2 Å². The normalized spacial score (nSPS) is 29.1. The van der Waals surface area contributed by atoms with E-state index in [0.717, 1.165) is 12.8 Å². The smallest absolute Gasteiger partial charge is 0.376 e. The molecule has 0 radical (unpaired) electrons. The van der Waals surface area contributed by atoms with Crippen molar-refractivity contribution in [1.82, 2.24) is 0 Å². The standard InChI is InChI=1S/C27H32O3Si/c1-28-20-23-16-17-25(21-10-4-2-5-11-21)29-31(24-14-8-9-15-24)27(23)19-18-26(30-31)22-12-6-3-7-13-22/h2-7,10-13,16,19,24-26H,8-9,14-15,17-18,20H2,1H3/t25-,26-,31?/m0/s1. The molecule has 1 unspecified atom stereocenters. The van der Waals surface area contributed by atoms with Gasteiger partial charge >= 0.3 is 8.56 Å². The zero-order valence-electron chi connectivity index (χ0n) is 18.3. The van der Waals surface area contributed by atoms with E-state index in [0.29, 0.717) is 12.1 Å². The molecule has 0 saturated heterocycles. The van der Waals surface area contributed by atoms with Gasteiger partial charge in [-0.2, -0.15) is 0 Å². The number of ether oxygens (including phenoxy) is 1. The predicted molar refractivity (Wildman–Crippen MR) is 126 cm³/mol. The fourth-order valence-corrected chi connectivity index (χ4v) is 10.1. The zero-order valence-corrected chi connectivity index (χ0v) is 19.3. The molecular weight excluding hydrogens is 400 g/mol. The van der Waals surface area contributed by atoms with Gasteiger partial charge in [0.15, 0.2) is 0 Å². The van der Waals surface area contributed by atoms with Crippen LogP contribution in [0, 0.1) is 0 Å². The largest absolute Gasteiger partial charge is 0.383 e. The summed E-state index contributed by atoms with van der Waals surface area (Å²) < 4.78 is 20.1. The van der Waals surface area contributed by atoms with Gasteiger partial charge in [-0.3, -0.25) is 0 Å². The summed E-state index contributed by atoms with van der Waals surface area (Å²) in [5, 5.41) is 1.34. The van der Waals surface area contributed by atoms with Gasteiger partial charge in [-0.25, -0.2) is 0 Å². The topological polar surface area (TPSA) is 27.7 Å². The molecule has 1 aliphatic carbocycles. The molecule has 0 N–H and O–H groups in total. The van der Waals surface area contributed by atoms with Crippen molar-refractivity contribution in [3.63, 3.8) is 0 Å². The molecule has 0 spiro atoms. The maximum absolute atomic E-state index is 7.24. The highest BCUT2D eigenvalue weighted by Gasteiger charge is 2.56. The molecule has 5 rings (SSSR count). The molecule has 0 aromatic heterocycles. The molecule has 162 valence electrons. The molecule has 2 aliphatic heterocycles. The van der Waals surface area contributed by atoms with Crippen LogP contribution < -0.4 is 0 Å². The van der Waals surface area contributed by atoms with Gasteiger partial charge in [-0.05, 0) is 47.6 Å². The van der Waals surface area contributed by atoms with Crippen molar-refractivity contribution in [3.05, 3.63) is 94.7 Å². The number of rotatable bonds is 5. The van der Waals surface area contributed by atoms with Crippen LogP contribution in [0.15, 0.2) is 83.6 Å². The van der Waals surface area contributed by atoms with Gasteiger partial charge in [-0.1, -0.05) is 85.7 Å². The first-order valence-corrected chi connectivity index (χ1v) is 13.5. The molecule has 0 bridgehead atoms. The molecule has 2 aromatic rings. The van der Waals surface area contributed by atoms with E-state index in [1.807, 2.05) is 0 Å². The van der Waals surface area contributed by atoms with Gasteiger partial charge < -0.3 is 13.6 Å². The van der Waals surface area contributed by atoms with Crippen LogP contribution in [0.3, 0.4) is 0 Å². The number of benzene rings is 2. The van der Waals surface area contributed by atoms with Crippen molar-refractivity contribution in [2.45, 2.75) is 56.3 Å². The van der Waals surface area contributed by atoms with E-state index < -0.39 is 8.56 Å². The lowest BCUT2D eigenvalue weighted by Gasteiger charge is -2.44. The third-order valence-corrected chi connectivity index (χ3v) is 11.2. The minimum absolute atomic E-state index is 0.0285. The summed E-state index contributed by atoms with van der Waals surface area (Å²) in [7, 11) is -0.907. The second kappa shape index (κ2) is 9.25. The molecule has 1 fully saturated rings. The Kier molecular flexibility index (Phi) is 6.24. The fourth-order valence-electron chi connectivity index (χ4n) is 5.51. The van der Waals surface area contributed by atoms with Crippen LogP contribution in [-0.2, 0) is 13.6 Å². The van der Waals surface area contributed by atoms with Crippen LogP contribution in [0.25, 0.3) is 0 Å². The molecule has 3 aliphatic rings.